The Morgan fingerprint density at radius 2 is 2.18 bits per heavy atom. The van der Waals surface area contributed by atoms with E-state index in [-0.39, 0.29) is 11.9 Å². The van der Waals surface area contributed by atoms with Gasteiger partial charge in [0.2, 0.25) is 0 Å². The fourth-order valence-corrected chi connectivity index (χ4v) is 2.64. The predicted molar refractivity (Wildman–Crippen MR) is 82.6 cm³/mol. The fourth-order valence-electron chi connectivity index (χ4n) is 2.64. The van der Waals surface area contributed by atoms with Gasteiger partial charge < -0.3 is 14.4 Å². The third-order valence-electron chi connectivity index (χ3n) is 3.87. The third kappa shape index (κ3) is 4.51. The topological polar surface area (TPSA) is 72.4 Å². The first-order valence-corrected chi connectivity index (χ1v) is 7.90. The first-order chi connectivity index (χ1) is 10.7. The molecule has 0 bridgehead atoms. The van der Waals surface area contributed by atoms with Gasteiger partial charge in [-0.25, -0.2) is 4.98 Å². The Labute approximate surface area is 130 Å². The van der Waals surface area contributed by atoms with E-state index in [2.05, 4.69) is 14.9 Å². The van der Waals surface area contributed by atoms with Gasteiger partial charge in [-0.1, -0.05) is 0 Å². The molecule has 1 aliphatic heterocycles. The number of esters is 1. The van der Waals surface area contributed by atoms with E-state index in [0.717, 1.165) is 56.6 Å². The Balaban J connectivity index is 1.89. The van der Waals surface area contributed by atoms with Crippen LogP contribution in [-0.2, 0) is 20.7 Å². The first kappa shape index (κ1) is 16.4. The lowest BCUT2D eigenvalue weighted by Gasteiger charge is -2.31. The minimum atomic E-state index is -0.0872. The lowest BCUT2D eigenvalue weighted by molar-refractivity contribution is -0.148. The van der Waals surface area contributed by atoms with Crippen molar-refractivity contribution in [2.45, 2.75) is 39.0 Å². The molecule has 2 rings (SSSR count). The van der Waals surface area contributed by atoms with Crippen LogP contribution in [0, 0.1) is 5.92 Å². The molecule has 120 valence electrons. The Morgan fingerprint density at radius 3 is 2.86 bits per heavy atom. The summed E-state index contributed by atoms with van der Waals surface area (Å²) < 4.78 is 5.08. The average molecular weight is 305 g/mol. The highest BCUT2D eigenvalue weighted by Gasteiger charge is 2.26. The van der Waals surface area contributed by atoms with Crippen molar-refractivity contribution < 1.29 is 14.3 Å². The second-order valence-corrected chi connectivity index (χ2v) is 5.44. The number of aryl methyl sites for hydroxylation is 1. The van der Waals surface area contributed by atoms with Gasteiger partial charge in [-0.3, -0.25) is 9.78 Å². The molecule has 6 nitrogen and oxygen atoms in total. The molecule has 0 N–H and O–H groups in total. The number of rotatable bonds is 7. The molecule has 1 aromatic heterocycles. The molecule has 0 unspecified atom stereocenters. The van der Waals surface area contributed by atoms with Crippen LogP contribution >= 0.6 is 0 Å². The predicted octanol–water partition coefficient (Wildman–Crippen LogP) is 1.78. The van der Waals surface area contributed by atoms with Crippen LogP contribution in [0.2, 0.25) is 0 Å². The number of aldehydes is 1. The molecule has 1 aliphatic rings. The second-order valence-electron chi connectivity index (χ2n) is 5.44. The third-order valence-corrected chi connectivity index (χ3v) is 3.87. The molecule has 2 heterocycles. The van der Waals surface area contributed by atoms with Gasteiger partial charge in [-0.05, 0) is 32.6 Å². The van der Waals surface area contributed by atoms with Gasteiger partial charge in [0.1, 0.15) is 12.1 Å². The number of aromatic nitrogens is 2. The smallest absolute Gasteiger partial charge is 0.309 e. The average Bonchev–Trinajstić information content (AvgIpc) is 2.56. The zero-order valence-electron chi connectivity index (χ0n) is 13.0. The highest BCUT2D eigenvalue weighted by molar-refractivity contribution is 5.72. The zero-order chi connectivity index (χ0) is 15.8. The van der Waals surface area contributed by atoms with Crippen molar-refractivity contribution >= 4 is 18.1 Å². The van der Waals surface area contributed by atoms with E-state index in [4.69, 9.17) is 4.74 Å². The molecule has 0 saturated carbocycles. The first-order valence-electron chi connectivity index (χ1n) is 7.90. The number of anilines is 1. The molecule has 1 saturated heterocycles. The molecule has 0 aliphatic carbocycles. The largest absolute Gasteiger partial charge is 0.466 e. The van der Waals surface area contributed by atoms with Crippen LogP contribution in [0.15, 0.2) is 12.4 Å². The second kappa shape index (κ2) is 8.46. The summed E-state index contributed by atoms with van der Waals surface area (Å²) in [5.74, 6) is 0.765. The summed E-state index contributed by atoms with van der Waals surface area (Å²) in [6, 6.07) is 0. The van der Waals surface area contributed by atoms with Gasteiger partial charge in [0, 0.05) is 25.7 Å². The quantitative estimate of drug-likeness (QED) is 0.434. The maximum atomic E-state index is 11.7. The van der Waals surface area contributed by atoms with E-state index in [1.54, 1.807) is 12.4 Å². The van der Waals surface area contributed by atoms with E-state index in [1.165, 1.54) is 0 Å². The van der Waals surface area contributed by atoms with Crippen LogP contribution in [0.1, 0.15) is 38.3 Å². The van der Waals surface area contributed by atoms with Gasteiger partial charge in [0.15, 0.2) is 0 Å². The molecule has 1 fully saturated rings. The van der Waals surface area contributed by atoms with Gasteiger partial charge >= 0.3 is 5.97 Å². The monoisotopic (exact) mass is 305 g/mol. The van der Waals surface area contributed by atoms with Gasteiger partial charge in [-0.15, -0.1) is 0 Å². The van der Waals surface area contributed by atoms with Crippen molar-refractivity contribution in [1.82, 2.24) is 9.97 Å². The number of carbonyl (C=O) groups excluding carboxylic acids is 2. The number of unbranched alkanes of at least 4 members (excludes halogenated alkanes) is 1. The molecule has 0 aromatic carbocycles. The standard InChI is InChI=1S/C16H23N3O3/c1-2-22-16(21)13-6-8-19(9-7-13)15-12-17-11-14(18-15)5-3-4-10-20/h10-13H,2-9H2,1H3. The van der Waals surface area contributed by atoms with E-state index >= 15 is 0 Å². The Bertz CT molecular complexity index is 499. The van der Waals surface area contributed by atoms with Crippen molar-refractivity contribution in [2.24, 2.45) is 5.92 Å². The highest BCUT2D eigenvalue weighted by Crippen LogP contribution is 2.22. The zero-order valence-corrected chi connectivity index (χ0v) is 13.0. The summed E-state index contributed by atoms with van der Waals surface area (Å²) in [5.41, 5.74) is 0.909. The summed E-state index contributed by atoms with van der Waals surface area (Å²) in [5, 5.41) is 0. The van der Waals surface area contributed by atoms with Gasteiger partial charge in [0.05, 0.1) is 24.4 Å². The van der Waals surface area contributed by atoms with Crippen molar-refractivity contribution in [3.63, 3.8) is 0 Å². The maximum Gasteiger partial charge on any atom is 0.309 e. The molecular weight excluding hydrogens is 282 g/mol. The fraction of sp³-hybridized carbons (Fsp3) is 0.625. The highest BCUT2D eigenvalue weighted by atomic mass is 16.5. The minimum Gasteiger partial charge on any atom is -0.466 e. The van der Waals surface area contributed by atoms with Crippen molar-refractivity contribution in [2.75, 3.05) is 24.6 Å². The molecule has 0 amide bonds. The molecule has 0 spiro atoms. The lowest BCUT2D eigenvalue weighted by Crippen LogP contribution is -2.37. The van der Waals surface area contributed by atoms with Crippen LogP contribution in [-0.4, -0.2) is 41.9 Å². The number of carbonyl (C=O) groups is 2. The van der Waals surface area contributed by atoms with Crippen LogP contribution in [0.3, 0.4) is 0 Å². The van der Waals surface area contributed by atoms with Crippen LogP contribution in [0.5, 0.6) is 0 Å². The van der Waals surface area contributed by atoms with Gasteiger partial charge in [0.25, 0.3) is 0 Å². The maximum absolute atomic E-state index is 11.7. The SMILES string of the molecule is CCOC(=O)C1CCN(c2cncc(CCCC=O)n2)CC1. The molecule has 0 radical (unpaired) electrons. The lowest BCUT2D eigenvalue weighted by atomic mass is 9.97. The number of piperidine rings is 1. The van der Waals surface area contributed by atoms with E-state index in [1.807, 2.05) is 6.92 Å². The summed E-state index contributed by atoms with van der Waals surface area (Å²) >= 11 is 0. The Morgan fingerprint density at radius 1 is 1.41 bits per heavy atom. The van der Waals surface area contributed by atoms with E-state index in [0.29, 0.717) is 13.0 Å². The minimum absolute atomic E-state index is 0.0000618. The van der Waals surface area contributed by atoms with Crippen LogP contribution in [0.4, 0.5) is 5.82 Å². The van der Waals surface area contributed by atoms with E-state index < -0.39 is 0 Å². The summed E-state index contributed by atoms with van der Waals surface area (Å²) in [4.78, 5) is 33.1. The molecule has 22 heavy (non-hydrogen) atoms. The number of nitrogens with zero attached hydrogens (tertiary/aromatic N) is 3. The summed E-state index contributed by atoms with van der Waals surface area (Å²) in [6.45, 7) is 3.85. The number of hydrogen-bond acceptors (Lipinski definition) is 6. The van der Waals surface area contributed by atoms with Crippen LogP contribution in [0.25, 0.3) is 0 Å². The summed E-state index contributed by atoms with van der Waals surface area (Å²) in [6.07, 6.45) is 8.12. The Hall–Kier alpha value is -1.98. The van der Waals surface area contributed by atoms with Crippen molar-refractivity contribution in [3.05, 3.63) is 18.1 Å². The van der Waals surface area contributed by atoms with Crippen LogP contribution < -0.4 is 4.90 Å². The molecular formula is C16H23N3O3. The normalized spacial score (nSPS) is 15.6. The molecule has 1 aromatic rings. The number of hydrogen-bond donors (Lipinski definition) is 0. The Kier molecular flexibility index (Phi) is 6.30. The molecule has 0 atom stereocenters. The van der Waals surface area contributed by atoms with Gasteiger partial charge in [-0.2, -0.15) is 0 Å². The molecule has 6 heteroatoms. The van der Waals surface area contributed by atoms with Crippen molar-refractivity contribution in [1.29, 1.82) is 0 Å². The summed E-state index contributed by atoms with van der Waals surface area (Å²) in [7, 11) is 0. The number of ether oxygens (including phenoxy) is 1. The van der Waals surface area contributed by atoms with E-state index in [9.17, 15) is 9.59 Å². The van der Waals surface area contributed by atoms with Crippen molar-refractivity contribution in [3.8, 4) is 0 Å².